The van der Waals surface area contributed by atoms with Crippen LogP contribution in [0.2, 0.25) is 0 Å². The van der Waals surface area contributed by atoms with E-state index in [1.807, 2.05) is 6.07 Å². The van der Waals surface area contributed by atoms with E-state index in [1.165, 1.54) is 5.56 Å². The molecule has 2 N–H and O–H groups in total. The van der Waals surface area contributed by atoms with E-state index < -0.39 is 0 Å². The van der Waals surface area contributed by atoms with Crippen molar-refractivity contribution in [2.45, 2.75) is 33.2 Å². The fourth-order valence-electron chi connectivity index (χ4n) is 2.11. The van der Waals surface area contributed by atoms with E-state index in [1.54, 1.807) is 0 Å². The highest BCUT2D eigenvalue weighted by atomic mass is 16.5. The van der Waals surface area contributed by atoms with Crippen molar-refractivity contribution >= 4 is 17.0 Å². The molecule has 4 nitrogen and oxygen atoms in total. The van der Waals surface area contributed by atoms with Crippen LogP contribution in [0, 0.1) is 6.92 Å². The fraction of sp³-hybridized carbons (Fsp3) is 0.500. The third-order valence-corrected chi connectivity index (χ3v) is 3.03. The largest absolute Gasteiger partial charge is 0.381 e. The lowest BCUT2D eigenvalue weighted by Crippen LogP contribution is -2.06. The molecular formula is C14H21N3O. The molecule has 2 aromatic rings. The summed E-state index contributed by atoms with van der Waals surface area (Å²) in [7, 11) is 0. The number of ether oxygens (including phenoxy) is 1. The monoisotopic (exact) mass is 247 g/mol. The molecule has 0 bridgehead atoms. The smallest absolute Gasteiger partial charge is 0.201 e. The lowest BCUT2D eigenvalue weighted by molar-refractivity contribution is 0.129. The third-order valence-electron chi connectivity index (χ3n) is 3.03. The van der Waals surface area contributed by atoms with Gasteiger partial charge in [0.25, 0.3) is 0 Å². The number of hydrogen-bond acceptors (Lipinski definition) is 3. The second kappa shape index (κ2) is 5.87. The van der Waals surface area contributed by atoms with E-state index in [-0.39, 0.29) is 0 Å². The Labute approximate surface area is 108 Å². The number of hydrogen-bond donors (Lipinski definition) is 1. The molecule has 1 aromatic heterocycles. The molecule has 0 spiro atoms. The lowest BCUT2D eigenvalue weighted by atomic mass is 10.2. The Bertz CT molecular complexity index is 519. The second-order valence-electron chi connectivity index (χ2n) is 4.53. The Morgan fingerprint density at radius 1 is 1.33 bits per heavy atom. The highest BCUT2D eigenvalue weighted by molar-refractivity contribution is 5.81. The van der Waals surface area contributed by atoms with Crippen LogP contribution < -0.4 is 5.73 Å². The molecule has 0 saturated heterocycles. The molecule has 18 heavy (non-hydrogen) atoms. The van der Waals surface area contributed by atoms with Gasteiger partial charge in [0.15, 0.2) is 0 Å². The topological polar surface area (TPSA) is 53.1 Å². The second-order valence-corrected chi connectivity index (χ2v) is 4.53. The van der Waals surface area contributed by atoms with E-state index in [9.17, 15) is 0 Å². The van der Waals surface area contributed by atoms with Crippen LogP contribution in [0.4, 0.5) is 5.95 Å². The van der Waals surface area contributed by atoms with Crippen molar-refractivity contribution in [1.82, 2.24) is 9.55 Å². The van der Waals surface area contributed by atoms with Gasteiger partial charge in [0.2, 0.25) is 5.95 Å². The highest BCUT2D eigenvalue weighted by Crippen LogP contribution is 2.21. The van der Waals surface area contributed by atoms with Gasteiger partial charge in [-0.25, -0.2) is 4.98 Å². The van der Waals surface area contributed by atoms with Crippen LogP contribution in [0.25, 0.3) is 11.0 Å². The average molecular weight is 247 g/mol. The molecule has 0 amide bonds. The minimum Gasteiger partial charge on any atom is -0.381 e. The van der Waals surface area contributed by atoms with Gasteiger partial charge in [0.1, 0.15) is 0 Å². The minimum absolute atomic E-state index is 0.592. The predicted molar refractivity (Wildman–Crippen MR) is 74.6 cm³/mol. The van der Waals surface area contributed by atoms with Crippen molar-refractivity contribution in [2.24, 2.45) is 0 Å². The summed E-state index contributed by atoms with van der Waals surface area (Å²) < 4.78 is 7.55. The Hall–Kier alpha value is -1.55. The molecule has 0 radical (unpaired) electrons. The number of nitrogens with zero attached hydrogens (tertiary/aromatic N) is 2. The van der Waals surface area contributed by atoms with Gasteiger partial charge in [-0.3, -0.25) is 0 Å². The number of nitrogens with two attached hydrogens (primary N) is 1. The van der Waals surface area contributed by atoms with Gasteiger partial charge in [-0.05, 0) is 31.4 Å². The highest BCUT2D eigenvalue weighted by Gasteiger charge is 2.08. The van der Waals surface area contributed by atoms with Gasteiger partial charge in [0.05, 0.1) is 11.0 Å². The molecule has 1 aromatic carbocycles. The van der Waals surface area contributed by atoms with E-state index in [4.69, 9.17) is 10.5 Å². The molecule has 4 heteroatoms. The maximum absolute atomic E-state index is 5.97. The van der Waals surface area contributed by atoms with E-state index >= 15 is 0 Å². The molecule has 1 heterocycles. The van der Waals surface area contributed by atoms with Gasteiger partial charge in [-0.1, -0.05) is 19.1 Å². The first-order valence-corrected chi connectivity index (χ1v) is 6.53. The summed E-state index contributed by atoms with van der Waals surface area (Å²) in [4.78, 5) is 4.43. The summed E-state index contributed by atoms with van der Waals surface area (Å²) in [5.74, 6) is 0.592. The van der Waals surface area contributed by atoms with E-state index in [2.05, 4.69) is 35.5 Å². The summed E-state index contributed by atoms with van der Waals surface area (Å²) in [5, 5.41) is 0. The summed E-state index contributed by atoms with van der Waals surface area (Å²) in [6.45, 7) is 6.64. The van der Waals surface area contributed by atoms with Crippen molar-refractivity contribution in [2.75, 3.05) is 18.9 Å². The molecule has 0 unspecified atom stereocenters. The lowest BCUT2D eigenvalue weighted by Gasteiger charge is -2.07. The number of rotatable bonds is 6. The number of aromatic nitrogens is 2. The number of imidazole rings is 1. The molecule has 98 valence electrons. The summed E-state index contributed by atoms with van der Waals surface area (Å²) in [5.41, 5.74) is 9.26. The van der Waals surface area contributed by atoms with Crippen LogP contribution in [0.5, 0.6) is 0 Å². The predicted octanol–water partition coefficient (Wildman–Crippen LogP) is 2.74. The van der Waals surface area contributed by atoms with Crippen LogP contribution in [0.3, 0.4) is 0 Å². The standard InChI is InChI=1S/C14H21N3O/c1-3-9-18-10-5-8-17-12-7-4-6-11(2)13(12)16-14(17)15/h4,6-7H,3,5,8-10H2,1-2H3,(H2,15,16). The Kier molecular flexibility index (Phi) is 4.20. The summed E-state index contributed by atoms with van der Waals surface area (Å²) in [6, 6.07) is 6.17. The van der Waals surface area contributed by atoms with Crippen molar-refractivity contribution in [1.29, 1.82) is 0 Å². The number of benzene rings is 1. The SMILES string of the molecule is CCCOCCCn1c(N)nc2c(C)cccc21. The van der Waals surface area contributed by atoms with Crippen molar-refractivity contribution < 1.29 is 4.74 Å². The van der Waals surface area contributed by atoms with Gasteiger partial charge < -0.3 is 15.0 Å². The van der Waals surface area contributed by atoms with Crippen molar-refractivity contribution in [3.8, 4) is 0 Å². The van der Waals surface area contributed by atoms with E-state index in [0.29, 0.717) is 5.95 Å². The van der Waals surface area contributed by atoms with Crippen LogP contribution in [0.1, 0.15) is 25.3 Å². The van der Waals surface area contributed by atoms with Crippen LogP contribution in [0.15, 0.2) is 18.2 Å². The molecule has 0 aliphatic carbocycles. The maximum atomic E-state index is 5.97. The van der Waals surface area contributed by atoms with Gasteiger partial charge in [-0.2, -0.15) is 0 Å². The normalized spacial score (nSPS) is 11.2. The summed E-state index contributed by atoms with van der Waals surface area (Å²) in [6.07, 6.45) is 2.03. The van der Waals surface area contributed by atoms with Gasteiger partial charge >= 0.3 is 0 Å². The van der Waals surface area contributed by atoms with Crippen LogP contribution in [-0.2, 0) is 11.3 Å². The number of nitrogen functional groups attached to an aromatic ring is 1. The number of anilines is 1. The average Bonchev–Trinajstić information content (AvgIpc) is 2.68. The summed E-state index contributed by atoms with van der Waals surface area (Å²) >= 11 is 0. The first kappa shape index (κ1) is 12.9. The molecule has 0 saturated carbocycles. The number of aryl methyl sites for hydroxylation is 2. The van der Waals surface area contributed by atoms with Gasteiger partial charge in [-0.15, -0.1) is 0 Å². The minimum atomic E-state index is 0.592. The molecule has 0 atom stereocenters. The molecular weight excluding hydrogens is 226 g/mol. The van der Waals surface area contributed by atoms with E-state index in [0.717, 1.165) is 43.6 Å². The Morgan fingerprint density at radius 2 is 2.17 bits per heavy atom. The third kappa shape index (κ3) is 2.64. The van der Waals surface area contributed by atoms with Crippen LogP contribution in [-0.4, -0.2) is 22.8 Å². The molecule has 0 fully saturated rings. The van der Waals surface area contributed by atoms with Crippen LogP contribution >= 0.6 is 0 Å². The zero-order valence-corrected chi connectivity index (χ0v) is 11.1. The van der Waals surface area contributed by atoms with Gasteiger partial charge in [0, 0.05) is 19.8 Å². The van der Waals surface area contributed by atoms with Crippen molar-refractivity contribution in [3.05, 3.63) is 23.8 Å². The first-order valence-electron chi connectivity index (χ1n) is 6.53. The zero-order valence-electron chi connectivity index (χ0n) is 11.1. The fourth-order valence-corrected chi connectivity index (χ4v) is 2.11. The molecule has 2 rings (SSSR count). The van der Waals surface area contributed by atoms with Crippen molar-refractivity contribution in [3.63, 3.8) is 0 Å². The molecule has 0 aliphatic heterocycles. The zero-order chi connectivity index (χ0) is 13.0. The molecule has 0 aliphatic rings. The first-order chi connectivity index (χ1) is 8.74. The quantitative estimate of drug-likeness (QED) is 0.798. The Morgan fingerprint density at radius 3 is 2.94 bits per heavy atom. The number of para-hydroxylation sites is 1. The number of fused-ring (bicyclic) bond motifs is 1. The Balaban J connectivity index is 2.08. The maximum Gasteiger partial charge on any atom is 0.201 e.